The second kappa shape index (κ2) is 5.33. The van der Waals surface area contributed by atoms with Crippen LogP contribution in [-0.2, 0) is 5.54 Å². The zero-order valence-corrected chi connectivity index (χ0v) is 12.4. The Hall–Kier alpha value is -0.340. The van der Waals surface area contributed by atoms with Gasteiger partial charge in [0.05, 0.1) is 0 Å². The third-order valence-electron chi connectivity index (χ3n) is 3.15. The zero-order chi connectivity index (χ0) is 12.3. The van der Waals surface area contributed by atoms with Crippen LogP contribution in [0.2, 0.25) is 0 Å². The van der Waals surface area contributed by atoms with Crippen molar-refractivity contribution in [1.29, 1.82) is 0 Å². The van der Waals surface area contributed by atoms with Gasteiger partial charge in [-0.3, -0.25) is 0 Å². The van der Waals surface area contributed by atoms with Crippen molar-refractivity contribution >= 4 is 15.9 Å². The highest BCUT2D eigenvalue weighted by Crippen LogP contribution is 2.23. The van der Waals surface area contributed by atoms with Crippen molar-refractivity contribution in [1.82, 2.24) is 5.32 Å². The van der Waals surface area contributed by atoms with Crippen LogP contribution in [0.1, 0.15) is 40.2 Å². The zero-order valence-electron chi connectivity index (χ0n) is 10.8. The lowest BCUT2D eigenvalue weighted by atomic mass is 9.92. The van der Waals surface area contributed by atoms with E-state index in [1.54, 1.807) is 0 Å². The highest BCUT2D eigenvalue weighted by atomic mass is 79.9. The van der Waals surface area contributed by atoms with Crippen LogP contribution < -0.4 is 5.32 Å². The lowest BCUT2D eigenvalue weighted by molar-refractivity contribution is 0.305. The SMILES string of the molecule is CC(C)C(C)NC(C)(C)c1ccc(Br)cc1. The number of nitrogens with one attached hydrogen (secondary N) is 1. The molecule has 0 spiro atoms. The molecule has 90 valence electrons. The Morgan fingerprint density at radius 3 is 2.00 bits per heavy atom. The number of rotatable bonds is 4. The standard InChI is InChI=1S/C14H22BrN/c1-10(2)11(3)16-14(4,5)12-6-8-13(15)9-7-12/h6-11,16H,1-5H3. The van der Waals surface area contributed by atoms with E-state index in [0.29, 0.717) is 12.0 Å². The fraction of sp³-hybridized carbons (Fsp3) is 0.571. The van der Waals surface area contributed by atoms with Gasteiger partial charge >= 0.3 is 0 Å². The first-order valence-electron chi connectivity index (χ1n) is 5.86. The van der Waals surface area contributed by atoms with Crippen LogP contribution in [0.5, 0.6) is 0 Å². The maximum absolute atomic E-state index is 3.68. The van der Waals surface area contributed by atoms with Crippen molar-refractivity contribution in [3.8, 4) is 0 Å². The monoisotopic (exact) mass is 283 g/mol. The van der Waals surface area contributed by atoms with Gasteiger partial charge in [-0.2, -0.15) is 0 Å². The van der Waals surface area contributed by atoms with Crippen molar-refractivity contribution in [3.63, 3.8) is 0 Å². The number of hydrogen-bond donors (Lipinski definition) is 1. The predicted octanol–water partition coefficient (Wildman–Crippen LogP) is 4.32. The summed E-state index contributed by atoms with van der Waals surface area (Å²) in [7, 11) is 0. The summed E-state index contributed by atoms with van der Waals surface area (Å²) in [5.74, 6) is 0.648. The Bertz CT molecular complexity index is 327. The summed E-state index contributed by atoms with van der Waals surface area (Å²) in [6.45, 7) is 11.2. The lowest BCUT2D eigenvalue weighted by Crippen LogP contribution is -2.44. The molecular weight excluding hydrogens is 262 g/mol. The fourth-order valence-electron chi connectivity index (χ4n) is 1.69. The van der Waals surface area contributed by atoms with Gasteiger partial charge in [-0.15, -0.1) is 0 Å². The minimum atomic E-state index is 0.0182. The predicted molar refractivity (Wildman–Crippen MR) is 74.6 cm³/mol. The smallest absolute Gasteiger partial charge is 0.0379 e. The highest BCUT2D eigenvalue weighted by Gasteiger charge is 2.23. The first-order valence-corrected chi connectivity index (χ1v) is 6.66. The van der Waals surface area contributed by atoms with E-state index in [4.69, 9.17) is 0 Å². The van der Waals surface area contributed by atoms with Crippen LogP contribution in [0.25, 0.3) is 0 Å². The second-order valence-corrected chi connectivity index (χ2v) is 6.22. The first-order chi connectivity index (χ1) is 7.33. The molecule has 1 atom stereocenters. The summed E-state index contributed by atoms with van der Waals surface area (Å²) in [6.07, 6.45) is 0. The molecule has 0 aliphatic carbocycles. The van der Waals surface area contributed by atoms with Crippen molar-refractivity contribution in [2.45, 2.75) is 46.2 Å². The van der Waals surface area contributed by atoms with Crippen LogP contribution in [-0.4, -0.2) is 6.04 Å². The summed E-state index contributed by atoms with van der Waals surface area (Å²) in [4.78, 5) is 0. The topological polar surface area (TPSA) is 12.0 Å². The van der Waals surface area contributed by atoms with Crippen LogP contribution in [0, 0.1) is 5.92 Å². The molecule has 0 heterocycles. The van der Waals surface area contributed by atoms with Crippen molar-refractivity contribution in [2.75, 3.05) is 0 Å². The molecule has 1 rings (SSSR count). The van der Waals surface area contributed by atoms with Crippen LogP contribution in [0.15, 0.2) is 28.7 Å². The van der Waals surface area contributed by atoms with E-state index in [1.165, 1.54) is 5.56 Å². The molecule has 0 aliphatic heterocycles. The molecule has 0 saturated carbocycles. The molecule has 0 aromatic heterocycles. The summed E-state index contributed by atoms with van der Waals surface area (Å²) in [5.41, 5.74) is 1.34. The molecule has 0 aliphatic rings. The van der Waals surface area contributed by atoms with E-state index in [1.807, 2.05) is 0 Å². The Kier molecular flexibility index (Phi) is 4.57. The van der Waals surface area contributed by atoms with Gasteiger partial charge in [-0.1, -0.05) is 41.9 Å². The van der Waals surface area contributed by atoms with Crippen molar-refractivity contribution < 1.29 is 0 Å². The third-order valence-corrected chi connectivity index (χ3v) is 3.68. The summed E-state index contributed by atoms with van der Waals surface area (Å²) in [6, 6.07) is 9.05. The molecule has 16 heavy (non-hydrogen) atoms. The van der Waals surface area contributed by atoms with Gasteiger partial charge in [0.15, 0.2) is 0 Å². The molecule has 0 amide bonds. The first kappa shape index (κ1) is 13.7. The third kappa shape index (κ3) is 3.60. The number of halogens is 1. The van der Waals surface area contributed by atoms with Crippen LogP contribution >= 0.6 is 15.9 Å². The van der Waals surface area contributed by atoms with Gasteiger partial charge in [0.25, 0.3) is 0 Å². The van der Waals surface area contributed by atoms with Gasteiger partial charge in [0, 0.05) is 16.1 Å². The Morgan fingerprint density at radius 2 is 1.56 bits per heavy atom. The van der Waals surface area contributed by atoms with Gasteiger partial charge < -0.3 is 5.32 Å². The molecule has 0 saturated heterocycles. The van der Waals surface area contributed by atoms with Gasteiger partial charge in [-0.25, -0.2) is 0 Å². The van der Waals surface area contributed by atoms with E-state index >= 15 is 0 Å². The van der Waals surface area contributed by atoms with Gasteiger partial charge in [0.1, 0.15) is 0 Å². The van der Waals surface area contributed by atoms with Crippen molar-refractivity contribution in [3.05, 3.63) is 34.3 Å². The molecular formula is C14H22BrN. The normalized spacial score (nSPS) is 14.2. The largest absolute Gasteiger partial charge is 0.305 e. The summed E-state index contributed by atoms with van der Waals surface area (Å²) in [5, 5.41) is 3.68. The van der Waals surface area contributed by atoms with E-state index in [9.17, 15) is 0 Å². The minimum absolute atomic E-state index is 0.0182. The molecule has 2 heteroatoms. The maximum atomic E-state index is 3.68. The summed E-state index contributed by atoms with van der Waals surface area (Å²) < 4.78 is 1.13. The Balaban J connectivity index is 2.80. The van der Waals surface area contributed by atoms with Crippen LogP contribution in [0.4, 0.5) is 0 Å². The molecule has 1 aromatic rings. The highest BCUT2D eigenvalue weighted by molar-refractivity contribution is 9.10. The van der Waals surface area contributed by atoms with E-state index in [-0.39, 0.29) is 5.54 Å². The number of hydrogen-bond acceptors (Lipinski definition) is 1. The molecule has 1 unspecified atom stereocenters. The van der Waals surface area contributed by atoms with E-state index in [2.05, 4.69) is 80.1 Å². The van der Waals surface area contributed by atoms with Gasteiger partial charge in [-0.05, 0) is 44.4 Å². The number of benzene rings is 1. The molecule has 1 nitrogen and oxygen atoms in total. The van der Waals surface area contributed by atoms with Crippen molar-refractivity contribution in [2.24, 2.45) is 5.92 Å². The molecule has 0 bridgehead atoms. The van der Waals surface area contributed by atoms with Crippen LogP contribution in [0.3, 0.4) is 0 Å². The Morgan fingerprint density at radius 1 is 1.06 bits per heavy atom. The molecule has 0 radical (unpaired) electrons. The molecule has 1 aromatic carbocycles. The lowest BCUT2D eigenvalue weighted by Gasteiger charge is -2.32. The maximum Gasteiger partial charge on any atom is 0.0379 e. The van der Waals surface area contributed by atoms with Gasteiger partial charge in [0.2, 0.25) is 0 Å². The van der Waals surface area contributed by atoms with E-state index < -0.39 is 0 Å². The Labute approximate surface area is 108 Å². The van der Waals surface area contributed by atoms with E-state index in [0.717, 1.165) is 4.47 Å². The average Bonchev–Trinajstić information content (AvgIpc) is 2.17. The minimum Gasteiger partial charge on any atom is -0.305 e. The summed E-state index contributed by atoms with van der Waals surface area (Å²) >= 11 is 3.47. The average molecular weight is 284 g/mol. The fourth-order valence-corrected chi connectivity index (χ4v) is 1.95. The quantitative estimate of drug-likeness (QED) is 0.868. The molecule has 0 fully saturated rings. The molecule has 1 N–H and O–H groups in total. The second-order valence-electron chi connectivity index (χ2n) is 5.31.